The van der Waals surface area contributed by atoms with E-state index in [9.17, 15) is 9.59 Å². The Balaban J connectivity index is 1.97. The first-order valence-electron chi connectivity index (χ1n) is 7.66. The van der Waals surface area contributed by atoms with Crippen LogP contribution < -0.4 is 5.32 Å². The van der Waals surface area contributed by atoms with Gasteiger partial charge in [0.05, 0.1) is 12.2 Å². The van der Waals surface area contributed by atoms with Gasteiger partial charge >= 0.3 is 0 Å². The van der Waals surface area contributed by atoms with Crippen LogP contribution in [0.15, 0.2) is 6.07 Å². The van der Waals surface area contributed by atoms with Gasteiger partial charge in [0.25, 0.3) is 5.91 Å². The zero-order chi connectivity index (χ0) is 15.4. The minimum absolute atomic E-state index is 0.00695. The molecule has 2 heterocycles. The van der Waals surface area contributed by atoms with E-state index < -0.39 is 0 Å². The first kappa shape index (κ1) is 15.5. The Labute approximate surface area is 125 Å². The lowest BCUT2D eigenvalue weighted by Crippen LogP contribution is -2.39. The molecule has 2 rings (SSSR count). The highest BCUT2D eigenvalue weighted by molar-refractivity contribution is 5.95. The van der Waals surface area contributed by atoms with E-state index in [0.29, 0.717) is 12.2 Å². The molecule has 0 spiro atoms. The van der Waals surface area contributed by atoms with Crippen LogP contribution in [0, 0.1) is 0 Å². The SMILES string of the molecule is CCn1nc(C(C)C)cc1C(=O)NCC(=O)N1CCCC1. The molecule has 1 aromatic rings. The predicted octanol–water partition coefficient (Wildman–Crippen LogP) is 1.38. The number of carbonyl (C=O) groups excluding carboxylic acids is 2. The number of nitrogens with one attached hydrogen (secondary N) is 1. The predicted molar refractivity (Wildman–Crippen MR) is 80.1 cm³/mol. The maximum atomic E-state index is 12.2. The van der Waals surface area contributed by atoms with Gasteiger partial charge in [0, 0.05) is 19.6 Å². The Morgan fingerprint density at radius 1 is 1.33 bits per heavy atom. The van der Waals surface area contributed by atoms with Crippen LogP contribution in [-0.4, -0.2) is 46.1 Å². The topological polar surface area (TPSA) is 67.2 Å². The van der Waals surface area contributed by atoms with E-state index in [0.717, 1.165) is 31.6 Å². The van der Waals surface area contributed by atoms with E-state index in [4.69, 9.17) is 0 Å². The zero-order valence-electron chi connectivity index (χ0n) is 13.1. The van der Waals surface area contributed by atoms with Crippen molar-refractivity contribution in [2.45, 2.75) is 46.1 Å². The van der Waals surface area contributed by atoms with Crippen molar-refractivity contribution in [3.8, 4) is 0 Å². The number of hydrogen-bond donors (Lipinski definition) is 1. The van der Waals surface area contributed by atoms with Crippen molar-refractivity contribution in [2.75, 3.05) is 19.6 Å². The minimum atomic E-state index is -0.233. The van der Waals surface area contributed by atoms with Crippen LogP contribution in [0.4, 0.5) is 0 Å². The van der Waals surface area contributed by atoms with Crippen molar-refractivity contribution in [3.63, 3.8) is 0 Å². The molecule has 0 aromatic carbocycles. The van der Waals surface area contributed by atoms with E-state index in [-0.39, 0.29) is 24.3 Å². The average Bonchev–Trinajstić information content (AvgIpc) is 3.12. The number of likely N-dealkylation sites (tertiary alicyclic amines) is 1. The molecule has 0 atom stereocenters. The van der Waals surface area contributed by atoms with Crippen molar-refractivity contribution in [1.29, 1.82) is 0 Å². The van der Waals surface area contributed by atoms with Gasteiger partial charge in [-0.25, -0.2) is 0 Å². The van der Waals surface area contributed by atoms with Gasteiger partial charge in [0.2, 0.25) is 5.91 Å². The number of amides is 2. The number of aryl methyl sites for hydroxylation is 1. The molecule has 0 unspecified atom stereocenters. The number of nitrogens with zero attached hydrogens (tertiary/aromatic N) is 3. The summed E-state index contributed by atoms with van der Waals surface area (Å²) >= 11 is 0. The zero-order valence-corrected chi connectivity index (χ0v) is 13.1. The van der Waals surface area contributed by atoms with Crippen LogP contribution >= 0.6 is 0 Å². The van der Waals surface area contributed by atoms with E-state index in [1.165, 1.54) is 0 Å². The lowest BCUT2D eigenvalue weighted by atomic mass is 10.1. The molecular formula is C15H24N4O2. The number of hydrogen-bond acceptors (Lipinski definition) is 3. The molecule has 2 amide bonds. The van der Waals surface area contributed by atoms with Gasteiger partial charge < -0.3 is 10.2 Å². The molecule has 0 bridgehead atoms. The molecule has 6 heteroatoms. The van der Waals surface area contributed by atoms with Crippen LogP contribution in [0.5, 0.6) is 0 Å². The Bertz CT molecular complexity index is 516. The molecule has 1 aliphatic rings. The normalized spacial score (nSPS) is 14.8. The number of rotatable bonds is 5. The third-order valence-electron chi connectivity index (χ3n) is 3.78. The van der Waals surface area contributed by atoms with Gasteiger partial charge in [-0.2, -0.15) is 5.10 Å². The first-order chi connectivity index (χ1) is 10.0. The summed E-state index contributed by atoms with van der Waals surface area (Å²) in [6, 6.07) is 1.81. The smallest absolute Gasteiger partial charge is 0.269 e. The standard InChI is InChI=1S/C15H24N4O2/c1-4-19-13(9-12(17-19)11(2)3)15(21)16-10-14(20)18-7-5-6-8-18/h9,11H,4-8,10H2,1-3H3,(H,16,21). The van der Waals surface area contributed by atoms with Crippen molar-refractivity contribution < 1.29 is 9.59 Å². The summed E-state index contributed by atoms with van der Waals surface area (Å²) in [5.41, 5.74) is 1.42. The van der Waals surface area contributed by atoms with Crippen LogP contribution in [0.1, 0.15) is 55.7 Å². The summed E-state index contributed by atoms with van der Waals surface area (Å²) in [5.74, 6) is 0.0341. The summed E-state index contributed by atoms with van der Waals surface area (Å²) in [6.07, 6.45) is 2.11. The summed E-state index contributed by atoms with van der Waals surface area (Å²) in [4.78, 5) is 26.0. The summed E-state index contributed by atoms with van der Waals surface area (Å²) in [5, 5.41) is 7.13. The lowest BCUT2D eigenvalue weighted by molar-refractivity contribution is -0.129. The quantitative estimate of drug-likeness (QED) is 0.891. The highest BCUT2D eigenvalue weighted by atomic mass is 16.2. The highest BCUT2D eigenvalue weighted by Gasteiger charge is 2.20. The van der Waals surface area contributed by atoms with Crippen LogP contribution in [0.25, 0.3) is 0 Å². The maximum Gasteiger partial charge on any atom is 0.269 e. The Morgan fingerprint density at radius 2 is 2.00 bits per heavy atom. The average molecular weight is 292 g/mol. The van der Waals surface area contributed by atoms with Gasteiger partial charge in [-0.1, -0.05) is 13.8 Å². The molecule has 0 radical (unpaired) electrons. The summed E-state index contributed by atoms with van der Waals surface area (Å²) < 4.78 is 1.69. The second kappa shape index (κ2) is 6.74. The van der Waals surface area contributed by atoms with Crippen molar-refractivity contribution in [2.24, 2.45) is 0 Å². The molecule has 1 saturated heterocycles. The molecule has 1 N–H and O–H groups in total. The molecule has 6 nitrogen and oxygen atoms in total. The first-order valence-corrected chi connectivity index (χ1v) is 7.66. The van der Waals surface area contributed by atoms with Gasteiger partial charge in [-0.3, -0.25) is 14.3 Å². The Kier molecular flexibility index (Phi) is 4.98. The van der Waals surface area contributed by atoms with Crippen LogP contribution in [-0.2, 0) is 11.3 Å². The fourth-order valence-corrected chi connectivity index (χ4v) is 2.47. The maximum absolute atomic E-state index is 12.2. The molecule has 1 fully saturated rings. The summed E-state index contributed by atoms with van der Waals surface area (Å²) in [6.45, 7) is 8.34. The monoisotopic (exact) mass is 292 g/mol. The Morgan fingerprint density at radius 3 is 2.57 bits per heavy atom. The van der Waals surface area contributed by atoms with E-state index in [1.54, 1.807) is 9.58 Å². The lowest BCUT2D eigenvalue weighted by Gasteiger charge is -2.15. The van der Waals surface area contributed by atoms with Crippen molar-refractivity contribution in [1.82, 2.24) is 20.0 Å². The van der Waals surface area contributed by atoms with E-state index in [1.807, 2.05) is 26.8 Å². The van der Waals surface area contributed by atoms with Crippen molar-refractivity contribution in [3.05, 3.63) is 17.5 Å². The van der Waals surface area contributed by atoms with Crippen molar-refractivity contribution >= 4 is 11.8 Å². The second-order valence-corrected chi connectivity index (χ2v) is 5.70. The number of aromatic nitrogens is 2. The molecule has 21 heavy (non-hydrogen) atoms. The third kappa shape index (κ3) is 3.62. The fourth-order valence-electron chi connectivity index (χ4n) is 2.47. The third-order valence-corrected chi connectivity index (χ3v) is 3.78. The molecule has 1 aromatic heterocycles. The number of carbonyl (C=O) groups is 2. The van der Waals surface area contributed by atoms with Gasteiger partial charge in [-0.15, -0.1) is 0 Å². The summed E-state index contributed by atoms with van der Waals surface area (Å²) in [7, 11) is 0. The van der Waals surface area contributed by atoms with E-state index >= 15 is 0 Å². The van der Waals surface area contributed by atoms with Gasteiger partial charge in [-0.05, 0) is 31.7 Å². The molecule has 1 aliphatic heterocycles. The molecule has 0 aliphatic carbocycles. The largest absolute Gasteiger partial charge is 0.342 e. The highest BCUT2D eigenvalue weighted by Crippen LogP contribution is 2.14. The fraction of sp³-hybridized carbons (Fsp3) is 0.667. The van der Waals surface area contributed by atoms with Gasteiger partial charge in [0.15, 0.2) is 0 Å². The Hall–Kier alpha value is -1.85. The second-order valence-electron chi connectivity index (χ2n) is 5.70. The van der Waals surface area contributed by atoms with E-state index in [2.05, 4.69) is 10.4 Å². The molecular weight excluding hydrogens is 268 g/mol. The molecule has 116 valence electrons. The minimum Gasteiger partial charge on any atom is -0.342 e. The van der Waals surface area contributed by atoms with Gasteiger partial charge in [0.1, 0.15) is 5.69 Å². The van der Waals surface area contributed by atoms with Crippen LogP contribution in [0.3, 0.4) is 0 Å². The van der Waals surface area contributed by atoms with Crippen LogP contribution in [0.2, 0.25) is 0 Å². The molecule has 0 saturated carbocycles.